The third-order valence-corrected chi connectivity index (χ3v) is 5.86. The predicted molar refractivity (Wildman–Crippen MR) is 110 cm³/mol. The second kappa shape index (κ2) is 6.67. The second-order valence-electron chi connectivity index (χ2n) is 6.71. The second-order valence-corrected chi connectivity index (χ2v) is 7.62. The van der Waals surface area contributed by atoms with Gasteiger partial charge >= 0.3 is 0 Å². The molecule has 1 aromatic carbocycles. The third-order valence-electron chi connectivity index (χ3n) is 4.95. The zero-order chi connectivity index (χ0) is 18.3. The van der Waals surface area contributed by atoms with Crippen molar-refractivity contribution in [2.45, 2.75) is 19.8 Å². The monoisotopic (exact) mass is 363 g/mol. The molecule has 4 aromatic rings. The van der Waals surface area contributed by atoms with E-state index in [-0.39, 0.29) is 5.56 Å². The number of aromatic amines is 1. The van der Waals surface area contributed by atoms with Crippen LogP contribution in [0.4, 0.5) is 0 Å². The molecule has 3 aromatic heterocycles. The van der Waals surface area contributed by atoms with Crippen molar-refractivity contribution < 1.29 is 0 Å². The van der Waals surface area contributed by atoms with Gasteiger partial charge in [-0.2, -0.15) is 0 Å². The Balaban J connectivity index is 1.93. The summed E-state index contributed by atoms with van der Waals surface area (Å²) in [6.45, 7) is 5.10. The molecule has 132 valence electrons. The zero-order valence-electron chi connectivity index (χ0n) is 15.1. The number of fused-ring (bicyclic) bond motifs is 3. The lowest BCUT2D eigenvalue weighted by Gasteiger charge is -2.13. The van der Waals surface area contributed by atoms with Crippen LogP contribution in [-0.2, 0) is 0 Å². The first kappa shape index (κ1) is 16.9. The molecule has 0 bridgehead atoms. The molecule has 0 radical (unpaired) electrons. The third kappa shape index (κ3) is 2.73. The number of hydrogen-bond acceptors (Lipinski definition) is 4. The number of thiophene rings is 1. The summed E-state index contributed by atoms with van der Waals surface area (Å²) < 4.78 is 0.767. The Kier molecular flexibility index (Phi) is 4.34. The molecule has 4 nitrogen and oxygen atoms in total. The minimum absolute atomic E-state index is 0.0409. The van der Waals surface area contributed by atoms with Crippen molar-refractivity contribution >= 4 is 32.3 Å². The highest BCUT2D eigenvalue weighted by Crippen LogP contribution is 2.34. The van der Waals surface area contributed by atoms with E-state index < -0.39 is 0 Å². The fourth-order valence-corrected chi connectivity index (χ4v) is 4.32. The van der Waals surface area contributed by atoms with Crippen LogP contribution in [0.15, 0.2) is 46.7 Å². The quantitative estimate of drug-likeness (QED) is 0.564. The summed E-state index contributed by atoms with van der Waals surface area (Å²) in [5, 5.41) is 7.27. The van der Waals surface area contributed by atoms with Crippen LogP contribution in [-0.4, -0.2) is 23.6 Å². The molecule has 3 heterocycles. The number of pyridine rings is 2. The molecule has 2 N–H and O–H groups in total. The number of nitrogens with one attached hydrogen (secondary N) is 2. The molecule has 0 unspecified atom stereocenters. The number of rotatable bonds is 4. The largest absolute Gasteiger partial charge is 0.319 e. The smallest absolute Gasteiger partial charge is 0.266 e. The Bertz CT molecular complexity index is 1140. The van der Waals surface area contributed by atoms with E-state index in [4.69, 9.17) is 0 Å². The van der Waals surface area contributed by atoms with Gasteiger partial charge in [-0.05, 0) is 42.5 Å². The molecule has 0 aliphatic carbocycles. The first-order valence-electron chi connectivity index (χ1n) is 8.74. The molecule has 26 heavy (non-hydrogen) atoms. The van der Waals surface area contributed by atoms with E-state index in [0.717, 1.165) is 44.4 Å². The average molecular weight is 363 g/mol. The lowest BCUT2D eigenvalue weighted by atomic mass is 9.95. The van der Waals surface area contributed by atoms with Crippen LogP contribution in [0.3, 0.4) is 0 Å². The molecule has 0 aliphatic heterocycles. The van der Waals surface area contributed by atoms with Crippen LogP contribution in [0.1, 0.15) is 24.1 Å². The maximum absolute atomic E-state index is 12.4. The molecule has 0 spiro atoms. The van der Waals surface area contributed by atoms with Crippen molar-refractivity contribution in [1.82, 2.24) is 15.3 Å². The van der Waals surface area contributed by atoms with E-state index >= 15 is 0 Å². The number of benzene rings is 1. The van der Waals surface area contributed by atoms with Gasteiger partial charge in [-0.3, -0.25) is 9.78 Å². The Morgan fingerprint density at radius 2 is 2.00 bits per heavy atom. The number of hydrogen-bond donors (Lipinski definition) is 2. The number of aryl methyl sites for hydroxylation is 1. The van der Waals surface area contributed by atoms with Gasteiger partial charge in [0.2, 0.25) is 0 Å². The maximum Gasteiger partial charge on any atom is 0.266 e. The summed E-state index contributed by atoms with van der Waals surface area (Å²) in [5.74, 6) is 0.460. The van der Waals surface area contributed by atoms with Gasteiger partial charge in [-0.1, -0.05) is 31.2 Å². The maximum atomic E-state index is 12.4. The molecule has 0 aliphatic rings. The number of likely N-dealkylation sites (N-methyl/N-ethyl adjacent to an activating group) is 1. The van der Waals surface area contributed by atoms with Crippen molar-refractivity contribution in [2.24, 2.45) is 0 Å². The Morgan fingerprint density at radius 3 is 2.73 bits per heavy atom. The molecule has 0 saturated carbocycles. The molecule has 0 saturated heterocycles. The van der Waals surface area contributed by atoms with Crippen LogP contribution in [0.2, 0.25) is 0 Å². The highest BCUT2D eigenvalue weighted by Gasteiger charge is 2.14. The number of aromatic nitrogens is 2. The average Bonchev–Trinajstić information content (AvgIpc) is 3.14. The minimum atomic E-state index is -0.0409. The predicted octanol–water partition coefficient (Wildman–Crippen LogP) is 4.44. The molecular formula is C21H21N3OS. The van der Waals surface area contributed by atoms with Gasteiger partial charge in [0.15, 0.2) is 0 Å². The first-order chi connectivity index (χ1) is 12.6. The van der Waals surface area contributed by atoms with Gasteiger partial charge in [-0.25, -0.2) is 0 Å². The molecule has 1 atom stereocenters. The van der Waals surface area contributed by atoms with Crippen LogP contribution in [0, 0.1) is 6.92 Å². The van der Waals surface area contributed by atoms with Gasteiger partial charge in [0.25, 0.3) is 5.56 Å². The molecule has 0 amide bonds. The van der Waals surface area contributed by atoms with Crippen LogP contribution in [0.25, 0.3) is 32.1 Å². The topological polar surface area (TPSA) is 57.8 Å². The van der Waals surface area contributed by atoms with E-state index in [2.05, 4.69) is 46.5 Å². The van der Waals surface area contributed by atoms with Crippen molar-refractivity contribution in [3.05, 3.63) is 63.5 Å². The van der Waals surface area contributed by atoms with Crippen molar-refractivity contribution in [3.63, 3.8) is 0 Å². The van der Waals surface area contributed by atoms with Crippen molar-refractivity contribution in [1.29, 1.82) is 0 Å². The van der Waals surface area contributed by atoms with Gasteiger partial charge < -0.3 is 10.3 Å². The lowest BCUT2D eigenvalue weighted by Crippen LogP contribution is -2.14. The number of H-pyrrole nitrogens is 1. The van der Waals surface area contributed by atoms with Gasteiger partial charge in [0.1, 0.15) is 4.70 Å². The lowest BCUT2D eigenvalue weighted by molar-refractivity contribution is 0.678. The normalized spacial score (nSPS) is 12.7. The van der Waals surface area contributed by atoms with E-state index in [1.165, 1.54) is 16.9 Å². The molecular weight excluding hydrogens is 342 g/mol. The molecule has 0 fully saturated rings. The minimum Gasteiger partial charge on any atom is -0.319 e. The SMILES string of the molecule is CNC[C@H](C)c1ccc(-c2cnc(C)c3[nH]c(=O)c4sccc4c23)cc1. The standard InChI is InChI=1S/C21H21N3OS/c1-12(10-22-3)14-4-6-15(7-5-14)17-11-23-13(2)19-18(17)16-8-9-26-20(16)21(25)24-19/h4-9,11-12,22H,10H2,1-3H3,(H,24,25)/t12-/m0/s1. The van der Waals surface area contributed by atoms with Gasteiger partial charge in [-0.15, -0.1) is 11.3 Å². The highest BCUT2D eigenvalue weighted by molar-refractivity contribution is 7.17. The summed E-state index contributed by atoms with van der Waals surface area (Å²) >= 11 is 1.48. The molecule has 4 rings (SSSR count). The summed E-state index contributed by atoms with van der Waals surface area (Å²) in [7, 11) is 1.97. The van der Waals surface area contributed by atoms with Crippen LogP contribution < -0.4 is 10.9 Å². The van der Waals surface area contributed by atoms with Gasteiger partial charge in [0.05, 0.1) is 11.2 Å². The van der Waals surface area contributed by atoms with E-state index in [0.29, 0.717) is 5.92 Å². The van der Waals surface area contributed by atoms with E-state index in [1.807, 2.05) is 31.6 Å². The first-order valence-corrected chi connectivity index (χ1v) is 9.62. The summed E-state index contributed by atoms with van der Waals surface area (Å²) in [6.07, 6.45) is 1.92. The van der Waals surface area contributed by atoms with Crippen molar-refractivity contribution in [3.8, 4) is 11.1 Å². The fourth-order valence-electron chi connectivity index (χ4n) is 3.53. The zero-order valence-corrected chi connectivity index (χ0v) is 15.9. The van der Waals surface area contributed by atoms with Crippen molar-refractivity contribution in [2.75, 3.05) is 13.6 Å². The Hall–Kier alpha value is -2.50. The van der Waals surface area contributed by atoms with E-state index in [9.17, 15) is 4.79 Å². The van der Waals surface area contributed by atoms with Crippen LogP contribution in [0.5, 0.6) is 0 Å². The Morgan fingerprint density at radius 1 is 1.23 bits per heavy atom. The van der Waals surface area contributed by atoms with Crippen LogP contribution >= 0.6 is 11.3 Å². The summed E-state index contributed by atoms with van der Waals surface area (Å²) in [6, 6.07) is 10.7. The number of nitrogens with zero attached hydrogens (tertiary/aromatic N) is 1. The fraction of sp³-hybridized carbons (Fsp3) is 0.238. The molecule has 5 heteroatoms. The summed E-state index contributed by atoms with van der Waals surface area (Å²) in [4.78, 5) is 19.9. The van der Waals surface area contributed by atoms with Gasteiger partial charge in [0, 0.05) is 29.1 Å². The van der Waals surface area contributed by atoms with E-state index in [1.54, 1.807) is 0 Å². The highest BCUT2D eigenvalue weighted by atomic mass is 32.1. The Labute approximate surface area is 155 Å². The summed E-state index contributed by atoms with van der Waals surface area (Å²) in [5.41, 5.74) is 5.10.